The van der Waals surface area contributed by atoms with Gasteiger partial charge in [-0.05, 0) is 38.8 Å². The highest BCUT2D eigenvalue weighted by Gasteiger charge is 2.41. The van der Waals surface area contributed by atoms with E-state index in [9.17, 15) is 9.59 Å². The lowest BCUT2D eigenvalue weighted by Crippen LogP contribution is -2.45. The number of methoxy groups -OCH3 is 2. The number of amides is 2. The molecule has 0 saturated heterocycles. The number of fused-ring (bicyclic) bond motifs is 1. The van der Waals surface area contributed by atoms with Crippen LogP contribution >= 0.6 is 0 Å². The molecule has 1 aliphatic heterocycles. The average molecular weight is 469 g/mol. The van der Waals surface area contributed by atoms with Gasteiger partial charge in [0.05, 0.1) is 31.5 Å². The number of aromatic nitrogens is 2. The Morgan fingerprint density at radius 1 is 1.21 bits per heavy atom. The van der Waals surface area contributed by atoms with E-state index in [1.807, 2.05) is 13.8 Å². The summed E-state index contributed by atoms with van der Waals surface area (Å²) in [4.78, 5) is 38.0. The minimum absolute atomic E-state index is 0.0499. The number of carbonyl (C=O) groups excluding carboxylic acids is 2. The number of anilines is 5. The molecule has 1 aliphatic carbocycles. The van der Waals surface area contributed by atoms with Gasteiger partial charge in [-0.1, -0.05) is 12.8 Å². The van der Waals surface area contributed by atoms with Crippen molar-refractivity contribution in [2.45, 2.75) is 45.6 Å². The molecule has 0 unspecified atom stereocenters. The molecular weight excluding hydrogens is 436 g/mol. The van der Waals surface area contributed by atoms with Gasteiger partial charge in [-0.25, -0.2) is 9.78 Å². The zero-order chi connectivity index (χ0) is 24.5. The number of hydrogen-bond donors (Lipinski definition) is 2. The molecule has 0 atom stereocenters. The average Bonchev–Trinajstić information content (AvgIpc) is 3.35. The highest BCUT2D eigenvalue weighted by molar-refractivity contribution is 6.00. The number of benzene rings is 1. The van der Waals surface area contributed by atoms with Gasteiger partial charge in [-0.15, -0.1) is 0 Å². The van der Waals surface area contributed by atoms with E-state index in [0.29, 0.717) is 41.3 Å². The van der Waals surface area contributed by atoms with Crippen molar-refractivity contribution in [1.29, 1.82) is 0 Å². The Morgan fingerprint density at radius 3 is 2.62 bits per heavy atom. The van der Waals surface area contributed by atoms with Crippen molar-refractivity contribution in [2.75, 3.05) is 48.2 Å². The first-order valence-electron chi connectivity index (χ1n) is 11.5. The molecule has 1 aromatic heterocycles. The first-order chi connectivity index (χ1) is 16.2. The van der Waals surface area contributed by atoms with Crippen molar-refractivity contribution in [3.8, 4) is 5.75 Å². The molecule has 2 N–H and O–H groups in total. The number of nitrogens with zero attached hydrogens (tertiary/aromatic N) is 4. The summed E-state index contributed by atoms with van der Waals surface area (Å²) in [5.74, 6) is 1.71. The third-order valence-electron chi connectivity index (χ3n) is 6.48. The first kappa shape index (κ1) is 23.6. The second kappa shape index (κ2) is 9.36. The third kappa shape index (κ3) is 4.57. The Labute approximate surface area is 199 Å². The van der Waals surface area contributed by atoms with Crippen LogP contribution in [-0.4, -0.2) is 55.8 Å². The van der Waals surface area contributed by atoms with Gasteiger partial charge >= 0.3 is 6.09 Å². The molecule has 2 aliphatic rings. The van der Waals surface area contributed by atoms with Crippen molar-refractivity contribution >= 4 is 40.8 Å². The number of rotatable bonds is 5. The Balaban J connectivity index is 1.68. The second-order valence-electron chi connectivity index (χ2n) is 9.37. The normalized spacial score (nSPS) is 17.7. The second-order valence-corrected chi connectivity index (χ2v) is 9.37. The zero-order valence-electron chi connectivity index (χ0n) is 20.3. The molecule has 4 rings (SSSR count). The van der Waals surface area contributed by atoms with E-state index in [2.05, 4.69) is 25.3 Å². The Kier molecular flexibility index (Phi) is 6.49. The highest BCUT2D eigenvalue weighted by Crippen LogP contribution is 2.40. The van der Waals surface area contributed by atoms with Gasteiger partial charge < -0.3 is 24.6 Å². The van der Waals surface area contributed by atoms with E-state index in [0.717, 1.165) is 18.7 Å². The summed E-state index contributed by atoms with van der Waals surface area (Å²) in [6, 6.07) is 5.53. The van der Waals surface area contributed by atoms with Crippen LogP contribution in [0.5, 0.6) is 5.75 Å². The molecular formula is C24H32N6O4. The van der Waals surface area contributed by atoms with Crippen molar-refractivity contribution in [3.05, 3.63) is 24.4 Å². The Morgan fingerprint density at radius 2 is 1.94 bits per heavy atom. The van der Waals surface area contributed by atoms with E-state index in [-0.39, 0.29) is 5.91 Å². The van der Waals surface area contributed by atoms with E-state index in [1.165, 1.54) is 20.0 Å². The fraction of sp³-hybridized carbons (Fsp3) is 0.500. The summed E-state index contributed by atoms with van der Waals surface area (Å²) in [6.07, 6.45) is 5.67. The number of ether oxygens (including phenoxy) is 2. The molecule has 0 radical (unpaired) electrons. The van der Waals surface area contributed by atoms with Gasteiger partial charge in [0.1, 0.15) is 11.4 Å². The van der Waals surface area contributed by atoms with Crippen LogP contribution in [0.15, 0.2) is 24.4 Å². The van der Waals surface area contributed by atoms with Crippen LogP contribution < -0.4 is 25.2 Å². The standard InChI is InChI=1S/C24H32N6O4/c1-24(2)14-30(16-8-6-7-9-16)20-18(29(3)21(24)31)13-25-22(28-20)27-17-11-10-15(12-19(17)33-4)26-23(32)34-5/h10-13,16H,6-9,14H2,1-5H3,(H,26,32)(H,25,27,28). The molecule has 1 saturated carbocycles. The van der Waals surface area contributed by atoms with Crippen molar-refractivity contribution in [1.82, 2.24) is 9.97 Å². The molecule has 1 aromatic carbocycles. The van der Waals surface area contributed by atoms with Crippen molar-refractivity contribution in [2.24, 2.45) is 5.41 Å². The minimum Gasteiger partial charge on any atom is -0.494 e. The summed E-state index contributed by atoms with van der Waals surface area (Å²) in [6.45, 7) is 4.57. The molecule has 0 spiro atoms. The quantitative estimate of drug-likeness (QED) is 0.673. The lowest BCUT2D eigenvalue weighted by molar-refractivity contribution is -0.125. The lowest BCUT2D eigenvalue weighted by atomic mass is 9.91. The highest BCUT2D eigenvalue weighted by atomic mass is 16.5. The van der Waals surface area contributed by atoms with E-state index < -0.39 is 11.5 Å². The van der Waals surface area contributed by atoms with Gasteiger partial charge in [0.15, 0.2) is 5.82 Å². The van der Waals surface area contributed by atoms with Crippen LogP contribution in [0.4, 0.5) is 33.6 Å². The van der Waals surface area contributed by atoms with Crippen LogP contribution in [0, 0.1) is 5.41 Å². The summed E-state index contributed by atoms with van der Waals surface area (Å²) >= 11 is 0. The maximum absolute atomic E-state index is 13.2. The van der Waals surface area contributed by atoms with E-state index in [1.54, 1.807) is 43.5 Å². The fourth-order valence-corrected chi connectivity index (χ4v) is 4.69. The fourth-order valence-electron chi connectivity index (χ4n) is 4.69. The Bertz CT molecular complexity index is 1080. The molecule has 34 heavy (non-hydrogen) atoms. The topological polar surface area (TPSA) is 109 Å². The maximum Gasteiger partial charge on any atom is 0.411 e. The predicted molar refractivity (Wildman–Crippen MR) is 131 cm³/mol. The van der Waals surface area contributed by atoms with Crippen LogP contribution in [0.25, 0.3) is 0 Å². The van der Waals surface area contributed by atoms with E-state index in [4.69, 9.17) is 9.72 Å². The number of hydrogen-bond acceptors (Lipinski definition) is 8. The van der Waals surface area contributed by atoms with Crippen LogP contribution in [0.3, 0.4) is 0 Å². The van der Waals surface area contributed by atoms with Gasteiger partial charge in [0.25, 0.3) is 0 Å². The third-order valence-corrected chi connectivity index (χ3v) is 6.48. The smallest absolute Gasteiger partial charge is 0.411 e. The maximum atomic E-state index is 13.2. The molecule has 10 nitrogen and oxygen atoms in total. The summed E-state index contributed by atoms with van der Waals surface area (Å²) < 4.78 is 10.1. The van der Waals surface area contributed by atoms with E-state index >= 15 is 0 Å². The largest absolute Gasteiger partial charge is 0.494 e. The first-order valence-corrected chi connectivity index (χ1v) is 11.5. The van der Waals surface area contributed by atoms with Crippen molar-refractivity contribution in [3.63, 3.8) is 0 Å². The van der Waals surface area contributed by atoms with Crippen LogP contribution in [0.2, 0.25) is 0 Å². The van der Waals surface area contributed by atoms with Gasteiger partial charge in [0.2, 0.25) is 11.9 Å². The molecule has 2 amide bonds. The molecule has 2 heterocycles. The Hall–Kier alpha value is -3.56. The van der Waals surface area contributed by atoms with Crippen LogP contribution in [0.1, 0.15) is 39.5 Å². The molecule has 182 valence electrons. The lowest BCUT2D eigenvalue weighted by Gasteiger charge is -2.34. The molecule has 1 fully saturated rings. The predicted octanol–water partition coefficient (Wildman–Crippen LogP) is 4.16. The number of nitrogens with one attached hydrogen (secondary N) is 2. The van der Waals surface area contributed by atoms with Gasteiger partial charge in [-0.3, -0.25) is 10.1 Å². The molecule has 2 aromatic rings. The summed E-state index contributed by atoms with van der Waals surface area (Å²) in [5, 5.41) is 5.84. The monoisotopic (exact) mass is 468 g/mol. The zero-order valence-corrected chi connectivity index (χ0v) is 20.3. The summed E-state index contributed by atoms with van der Waals surface area (Å²) in [5.41, 5.74) is 1.34. The summed E-state index contributed by atoms with van der Waals surface area (Å²) in [7, 11) is 4.64. The SMILES string of the molecule is COC(=O)Nc1ccc(Nc2ncc3c(n2)N(C2CCCC2)CC(C)(C)C(=O)N3C)c(OC)c1. The van der Waals surface area contributed by atoms with Crippen LogP contribution in [-0.2, 0) is 9.53 Å². The molecule has 10 heteroatoms. The number of carbonyl (C=O) groups is 2. The van der Waals surface area contributed by atoms with Gasteiger partial charge in [-0.2, -0.15) is 4.98 Å². The minimum atomic E-state index is -0.564. The molecule has 0 bridgehead atoms. The van der Waals surface area contributed by atoms with Gasteiger partial charge in [0, 0.05) is 31.4 Å². The van der Waals surface area contributed by atoms with Crippen molar-refractivity contribution < 1.29 is 19.1 Å².